The molecule has 22 heavy (non-hydrogen) atoms. The van der Waals surface area contributed by atoms with Crippen LogP contribution in [0.25, 0.3) is 0 Å². The Labute approximate surface area is 130 Å². The van der Waals surface area contributed by atoms with Gasteiger partial charge in [-0.3, -0.25) is 0 Å². The molecule has 1 saturated carbocycles. The Balaban J connectivity index is 1.54. The van der Waals surface area contributed by atoms with Crippen LogP contribution in [0, 0.1) is 29.4 Å². The number of halogens is 2. The molecule has 1 saturated heterocycles. The van der Waals surface area contributed by atoms with Crippen molar-refractivity contribution < 1.29 is 18.3 Å². The molecule has 0 unspecified atom stereocenters. The smallest absolute Gasteiger partial charge is 0.183 e. The maximum atomic E-state index is 13.3. The molecule has 0 N–H and O–H groups in total. The van der Waals surface area contributed by atoms with Crippen LogP contribution in [0.3, 0.4) is 0 Å². The van der Waals surface area contributed by atoms with E-state index in [-0.39, 0.29) is 0 Å². The van der Waals surface area contributed by atoms with Crippen molar-refractivity contribution in [1.29, 1.82) is 0 Å². The van der Waals surface area contributed by atoms with Crippen molar-refractivity contribution in [2.24, 2.45) is 17.8 Å². The highest BCUT2D eigenvalue weighted by Crippen LogP contribution is 2.37. The molecule has 3 rings (SSSR count). The Morgan fingerprint density at radius 3 is 2.23 bits per heavy atom. The molecular formula is C18H22F2O2. The normalized spacial score (nSPS) is 32.6. The van der Waals surface area contributed by atoms with E-state index in [9.17, 15) is 8.78 Å². The van der Waals surface area contributed by atoms with Gasteiger partial charge in [0, 0.05) is 11.5 Å². The third kappa shape index (κ3) is 3.39. The lowest BCUT2D eigenvalue weighted by molar-refractivity contribution is -0.214. The monoisotopic (exact) mass is 308 g/mol. The predicted molar refractivity (Wildman–Crippen MR) is 80.1 cm³/mol. The van der Waals surface area contributed by atoms with Crippen molar-refractivity contribution in [1.82, 2.24) is 0 Å². The summed E-state index contributed by atoms with van der Waals surface area (Å²) in [5.41, 5.74) is 0.535. The zero-order valence-corrected chi connectivity index (χ0v) is 12.6. The zero-order chi connectivity index (χ0) is 15.5. The van der Waals surface area contributed by atoms with Crippen molar-refractivity contribution in [3.8, 4) is 0 Å². The van der Waals surface area contributed by atoms with Gasteiger partial charge in [-0.05, 0) is 49.7 Å². The van der Waals surface area contributed by atoms with Crippen molar-refractivity contribution in [3.63, 3.8) is 0 Å². The van der Waals surface area contributed by atoms with Crippen molar-refractivity contribution >= 4 is 0 Å². The quantitative estimate of drug-likeness (QED) is 0.759. The molecule has 1 aliphatic carbocycles. The number of ether oxygens (including phenoxy) is 2. The summed E-state index contributed by atoms with van der Waals surface area (Å²) in [5, 5.41) is 0. The van der Waals surface area contributed by atoms with Crippen LogP contribution in [0.5, 0.6) is 0 Å². The van der Waals surface area contributed by atoms with Crippen LogP contribution in [-0.2, 0) is 9.47 Å². The highest BCUT2D eigenvalue weighted by Gasteiger charge is 2.32. The van der Waals surface area contributed by atoms with Gasteiger partial charge in [0.25, 0.3) is 0 Å². The summed E-state index contributed by atoms with van der Waals surface area (Å²) in [6.45, 7) is 5.11. The fourth-order valence-corrected chi connectivity index (χ4v) is 3.49. The third-order valence-electron chi connectivity index (χ3n) is 4.96. The van der Waals surface area contributed by atoms with Gasteiger partial charge in [-0.2, -0.15) is 0 Å². The molecule has 0 amide bonds. The molecule has 1 aromatic carbocycles. The molecule has 2 nitrogen and oxygen atoms in total. The van der Waals surface area contributed by atoms with E-state index in [2.05, 4.69) is 12.7 Å². The van der Waals surface area contributed by atoms with Gasteiger partial charge in [-0.15, -0.1) is 6.58 Å². The van der Waals surface area contributed by atoms with Gasteiger partial charge in [0.15, 0.2) is 17.9 Å². The summed E-state index contributed by atoms with van der Waals surface area (Å²) in [4.78, 5) is 0. The van der Waals surface area contributed by atoms with E-state index in [0.29, 0.717) is 36.5 Å². The lowest BCUT2D eigenvalue weighted by atomic mass is 9.76. The molecule has 1 heterocycles. The molecular weight excluding hydrogens is 286 g/mol. The second-order valence-electron chi connectivity index (χ2n) is 6.34. The number of allylic oxidation sites excluding steroid dienone is 1. The van der Waals surface area contributed by atoms with Crippen LogP contribution in [0.4, 0.5) is 8.78 Å². The summed E-state index contributed by atoms with van der Waals surface area (Å²) in [6.07, 6.45) is 6.22. The highest BCUT2D eigenvalue weighted by molar-refractivity contribution is 5.19. The van der Waals surface area contributed by atoms with Gasteiger partial charge in [0.1, 0.15) is 0 Å². The van der Waals surface area contributed by atoms with Crippen LogP contribution >= 0.6 is 0 Å². The Morgan fingerprint density at radius 1 is 0.955 bits per heavy atom. The third-order valence-corrected chi connectivity index (χ3v) is 4.96. The topological polar surface area (TPSA) is 18.5 Å². The van der Waals surface area contributed by atoms with E-state index in [0.717, 1.165) is 12.1 Å². The zero-order valence-electron chi connectivity index (χ0n) is 12.6. The standard InChI is InChI=1S/C18H22F2O2/c1-2-12-3-5-13(6-4-12)15-10-21-18(22-11-15)14-7-8-16(19)17(20)9-14/h2,7-9,12-13,15,18H,1,3-6,10-11H2. The van der Waals surface area contributed by atoms with Gasteiger partial charge >= 0.3 is 0 Å². The van der Waals surface area contributed by atoms with Crippen LogP contribution in [0.1, 0.15) is 37.5 Å². The molecule has 120 valence electrons. The highest BCUT2D eigenvalue weighted by atomic mass is 19.2. The molecule has 0 atom stereocenters. The van der Waals surface area contributed by atoms with E-state index >= 15 is 0 Å². The van der Waals surface area contributed by atoms with Crippen LogP contribution in [0.15, 0.2) is 30.9 Å². The second kappa shape index (κ2) is 6.88. The fourth-order valence-electron chi connectivity index (χ4n) is 3.49. The Bertz CT molecular complexity index is 516. The summed E-state index contributed by atoms with van der Waals surface area (Å²) < 4.78 is 37.7. The number of hydrogen-bond donors (Lipinski definition) is 0. The van der Waals surface area contributed by atoms with Crippen molar-refractivity contribution in [3.05, 3.63) is 48.1 Å². The number of rotatable bonds is 3. The van der Waals surface area contributed by atoms with Crippen molar-refractivity contribution in [2.45, 2.75) is 32.0 Å². The fraction of sp³-hybridized carbons (Fsp3) is 0.556. The van der Waals surface area contributed by atoms with Crippen LogP contribution in [0.2, 0.25) is 0 Å². The molecule has 0 radical (unpaired) electrons. The van der Waals surface area contributed by atoms with E-state index < -0.39 is 17.9 Å². The first-order valence-corrected chi connectivity index (χ1v) is 7.98. The second-order valence-corrected chi connectivity index (χ2v) is 6.34. The maximum Gasteiger partial charge on any atom is 0.183 e. The van der Waals surface area contributed by atoms with E-state index in [1.54, 1.807) is 0 Å². The summed E-state index contributed by atoms with van der Waals surface area (Å²) in [7, 11) is 0. The summed E-state index contributed by atoms with van der Waals surface area (Å²) in [5.74, 6) is -0.0444. The molecule has 4 heteroatoms. The van der Waals surface area contributed by atoms with Gasteiger partial charge in [0.2, 0.25) is 0 Å². The average molecular weight is 308 g/mol. The minimum atomic E-state index is -0.866. The Kier molecular flexibility index (Phi) is 4.89. The number of benzene rings is 1. The largest absolute Gasteiger partial charge is 0.348 e. The van der Waals surface area contributed by atoms with Gasteiger partial charge in [-0.25, -0.2) is 8.78 Å². The summed E-state index contributed by atoms with van der Waals surface area (Å²) >= 11 is 0. The first kappa shape index (κ1) is 15.6. The minimum absolute atomic E-state index is 0.396. The van der Waals surface area contributed by atoms with E-state index in [1.165, 1.54) is 31.7 Å². The van der Waals surface area contributed by atoms with Crippen LogP contribution in [-0.4, -0.2) is 13.2 Å². The molecule has 2 fully saturated rings. The Hall–Kier alpha value is -1.26. The SMILES string of the molecule is C=CC1CCC(C2COC(c3ccc(F)c(F)c3)OC2)CC1. The lowest BCUT2D eigenvalue weighted by Crippen LogP contribution is -2.34. The average Bonchev–Trinajstić information content (AvgIpc) is 2.58. The van der Waals surface area contributed by atoms with E-state index in [4.69, 9.17) is 9.47 Å². The van der Waals surface area contributed by atoms with E-state index in [1.807, 2.05) is 0 Å². The summed E-state index contributed by atoms with van der Waals surface area (Å²) in [6, 6.07) is 3.77. The molecule has 2 aliphatic rings. The van der Waals surface area contributed by atoms with Gasteiger partial charge in [-0.1, -0.05) is 12.1 Å². The molecule has 1 aromatic rings. The molecule has 1 aliphatic heterocycles. The first-order valence-electron chi connectivity index (χ1n) is 7.98. The number of hydrogen-bond acceptors (Lipinski definition) is 2. The van der Waals surface area contributed by atoms with Crippen LogP contribution < -0.4 is 0 Å². The minimum Gasteiger partial charge on any atom is -0.348 e. The molecule has 0 spiro atoms. The molecule has 0 aromatic heterocycles. The van der Waals surface area contributed by atoms with Gasteiger partial charge in [0.05, 0.1) is 13.2 Å². The van der Waals surface area contributed by atoms with Crippen molar-refractivity contribution in [2.75, 3.05) is 13.2 Å². The lowest BCUT2D eigenvalue weighted by Gasteiger charge is -2.37. The first-order chi connectivity index (χ1) is 10.7. The van der Waals surface area contributed by atoms with Gasteiger partial charge < -0.3 is 9.47 Å². The Morgan fingerprint density at radius 2 is 1.64 bits per heavy atom. The maximum absolute atomic E-state index is 13.3. The molecule has 0 bridgehead atoms. The predicted octanol–water partition coefficient (Wildman–Crippen LogP) is 4.62.